The predicted molar refractivity (Wildman–Crippen MR) is 76.5 cm³/mol. The van der Waals surface area contributed by atoms with E-state index in [0.717, 1.165) is 0 Å². The van der Waals surface area contributed by atoms with Crippen molar-refractivity contribution < 1.29 is 4.43 Å². The minimum atomic E-state index is -1.43. The van der Waals surface area contributed by atoms with Crippen molar-refractivity contribution >= 4 is 8.32 Å². The van der Waals surface area contributed by atoms with E-state index in [-0.39, 0.29) is 5.60 Å². The summed E-state index contributed by atoms with van der Waals surface area (Å²) in [4.78, 5) is 0. The standard InChI is InChI=1S/C14H32OSi/c1-7-13-14(8-2,9-3)15-16(10-4,11-5)12-6/h7-13H2,1-6H3. The molecule has 0 unspecified atom stereocenters. The van der Waals surface area contributed by atoms with Crippen molar-refractivity contribution in [2.45, 2.75) is 91.0 Å². The molecule has 0 heterocycles. The predicted octanol–water partition coefficient (Wildman–Crippen LogP) is 5.37. The topological polar surface area (TPSA) is 9.23 Å². The Labute approximate surface area is 104 Å². The van der Waals surface area contributed by atoms with Gasteiger partial charge in [0, 0.05) is 0 Å². The first kappa shape index (κ1) is 16.2. The maximum atomic E-state index is 6.75. The summed E-state index contributed by atoms with van der Waals surface area (Å²) in [6.45, 7) is 13.8. The summed E-state index contributed by atoms with van der Waals surface area (Å²) in [6, 6.07) is 3.81. The van der Waals surface area contributed by atoms with Crippen LogP contribution in [0.1, 0.15) is 67.2 Å². The van der Waals surface area contributed by atoms with Gasteiger partial charge in [0.25, 0.3) is 0 Å². The summed E-state index contributed by atoms with van der Waals surface area (Å²) in [5.41, 5.74) is 0.184. The van der Waals surface area contributed by atoms with E-state index in [2.05, 4.69) is 41.5 Å². The Morgan fingerprint density at radius 2 is 1.25 bits per heavy atom. The summed E-state index contributed by atoms with van der Waals surface area (Å²) in [7, 11) is -1.43. The molecule has 0 bridgehead atoms. The second-order valence-corrected chi connectivity index (χ2v) is 9.68. The van der Waals surface area contributed by atoms with E-state index in [0.29, 0.717) is 0 Å². The van der Waals surface area contributed by atoms with Gasteiger partial charge < -0.3 is 4.43 Å². The smallest absolute Gasteiger partial charge is 0.192 e. The highest BCUT2D eigenvalue weighted by molar-refractivity contribution is 6.73. The van der Waals surface area contributed by atoms with Gasteiger partial charge in [-0.15, -0.1) is 0 Å². The lowest BCUT2D eigenvalue weighted by atomic mass is 9.92. The lowest BCUT2D eigenvalue weighted by molar-refractivity contribution is 0.0380. The van der Waals surface area contributed by atoms with Crippen LogP contribution in [-0.2, 0) is 4.43 Å². The third-order valence-electron chi connectivity index (χ3n) is 4.36. The molecule has 1 nitrogen and oxygen atoms in total. The molecule has 0 amide bonds. The molecular formula is C14H32OSi. The fourth-order valence-corrected chi connectivity index (χ4v) is 5.92. The second kappa shape index (κ2) is 7.49. The zero-order chi connectivity index (χ0) is 12.7. The second-order valence-electron chi connectivity index (χ2n) is 4.99. The Balaban J connectivity index is 4.81. The van der Waals surface area contributed by atoms with Gasteiger partial charge in [-0.05, 0) is 37.4 Å². The zero-order valence-corrected chi connectivity index (χ0v) is 13.4. The van der Waals surface area contributed by atoms with Gasteiger partial charge in [0.1, 0.15) is 0 Å². The van der Waals surface area contributed by atoms with E-state index >= 15 is 0 Å². The Bertz CT molecular complexity index is 163. The van der Waals surface area contributed by atoms with E-state index in [1.807, 2.05) is 0 Å². The van der Waals surface area contributed by atoms with Crippen molar-refractivity contribution in [3.63, 3.8) is 0 Å². The van der Waals surface area contributed by atoms with Crippen LogP contribution in [0.15, 0.2) is 0 Å². The SMILES string of the molecule is CCCC(CC)(CC)O[Si](CC)(CC)CC. The fraction of sp³-hybridized carbons (Fsp3) is 1.00. The highest BCUT2D eigenvalue weighted by atomic mass is 28.4. The summed E-state index contributed by atoms with van der Waals surface area (Å²) < 4.78 is 6.75. The molecule has 0 aliphatic rings. The van der Waals surface area contributed by atoms with Crippen LogP contribution in [0.25, 0.3) is 0 Å². The summed E-state index contributed by atoms with van der Waals surface area (Å²) in [6.07, 6.45) is 4.82. The first-order valence-electron chi connectivity index (χ1n) is 7.27. The summed E-state index contributed by atoms with van der Waals surface area (Å²) in [5.74, 6) is 0. The zero-order valence-electron chi connectivity index (χ0n) is 12.4. The van der Waals surface area contributed by atoms with Crippen LogP contribution in [0, 0.1) is 0 Å². The minimum absolute atomic E-state index is 0.184. The van der Waals surface area contributed by atoms with Gasteiger partial charge in [0.2, 0.25) is 0 Å². The first-order valence-corrected chi connectivity index (χ1v) is 9.80. The largest absolute Gasteiger partial charge is 0.411 e. The molecule has 16 heavy (non-hydrogen) atoms. The molecule has 0 aliphatic heterocycles. The molecule has 0 N–H and O–H groups in total. The van der Waals surface area contributed by atoms with Crippen molar-refractivity contribution in [1.29, 1.82) is 0 Å². The molecule has 98 valence electrons. The lowest BCUT2D eigenvalue weighted by Crippen LogP contribution is -2.46. The van der Waals surface area contributed by atoms with E-state index in [4.69, 9.17) is 4.43 Å². The van der Waals surface area contributed by atoms with Gasteiger partial charge in [0.05, 0.1) is 5.60 Å². The fourth-order valence-electron chi connectivity index (χ4n) is 2.68. The molecule has 0 rings (SSSR count). The molecule has 0 fully saturated rings. The van der Waals surface area contributed by atoms with Gasteiger partial charge in [-0.2, -0.15) is 0 Å². The molecule has 0 aromatic heterocycles. The van der Waals surface area contributed by atoms with Crippen LogP contribution < -0.4 is 0 Å². The van der Waals surface area contributed by atoms with Gasteiger partial charge >= 0.3 is 0 Å². The van der Waals surface area contributed by atoms with Crippen LogP contribution in [-0.4, -0.2) is 13.9 Å². The Hall–Kier alpha value is 0.177. The van der Waals surface area contributed by atoms with Crippen molar-refractivity contribution in [2.75, 3.05) is 0 Å². The normalized spacial score (nSPS) is 13.1. The molecule has 0 atom stereocenters. The molecule has 0 aliphatic carbocycles. The van der Waals surface area contributed by atoms with E-state index in [9.17, 15) is 0 Å². The van der Waals surface area contributed by atoms with Crippen LogP contribution in [0.2, 0.25) is 18.1 Å². The third-order valence-corrected chi connectivity index (χ3v) is 9.09. The van der Waals surface area contributed by atoms with E-state index in [1.165, 1.54) is 43.8 Å². The van der Waals surface area contributed by atoms with Crippen LogP contribution >= 0.6 is 0 Å². The van der Waals surface area contributed by atoms with Gasteiger partial charge in [-0.25, -0.2) is 0 Å². The van der Waals surface area contributed by atoms with E-state index < -0.39 is 8.32 Å². The number of hydrogen-bond donors (Lipinski definition) is 0. The van der Waals surface area contributed by atoms with Crippen molar-refractivity contribution in [3.8, 4) is 0 Å². The number of hydrogen-bond acceptors (Lipinski definition) is 1. The Morgan fingerprint density at radius 1 is 0.812 bits per heavy atom. The molecule has 0 saturated heterocycles. The molecule has 0 aromatic rings. The molecule has 0 spiro atoms. The van der Waals surface area contributed by atoms with Crippen LogP contribution in [0.5, 0.6) is 0 Å². The Kier molecular flexibility index (Phi) is 7.58. The number of rotatable bonds is 9. The van der Waals surface area contributed by atoms with E-state index in [1.54, 1.807) is 0 Å². The average molecular weight is 244 g/mol. The lowest BCUT2D eigenvalue weighted by Gasteiger charge is -2.42. The van der Waals surface area contributed by atoms with Crippen molar-refractivity contribution in [2.24, 2.45) is 0 Å². The monoisotopic (exact) mass is 244 g/mol. The summed E-state index contributed by atoms with van der Waals surface area (Å²) >= 11 is 0. The minimum Gasteiger partial charge on any atom is -0.411 e. The average Bonchev–Trinajstić information content (AvgIpc) is 2.35. The van der Waals surface area contributed by atoms with Crippen molar-refractivity contribution in [3.05, 3.63) is 0 Å². The van der Waals surface area contributed by atoms with Crippen LogP contribution in [0.3, 0.4) is 0 Å². The first-order chi connectivity index (χ1) is 7.57. The maximum absolute atomic E-state index is 6.75. The van der Waals surface area contributed by atoms with Gasteiger partial charge in [-0.3, -0.25) is 0 Å². The molecule has 0 saturated carbocycles. The quantitative estimate of drug-likeness (QED) is 0.496. The highest BCUT2D eigenvalue weighted by Crippen LogP contribution is 2.34. The van der Waals surface area contributed by atoms with Crippen molar-refractivity contribution in [1.82, 2.24) is 0 Å². The highest BCUT2D eigenvalue weighted by Gasteiger charge is 2.38. The maximum Gasteiger partial charge on any atom is 0.192 e. The molecule has 2 heteroatoms. The molecular weight excluding hydrogens is 212 g/mol. The Morgan fingerprint density at radius 3 is 1.50 bits per heavy atom. The summed E-state index contributed by atoms with van der Waals surface area (Å²) in [5, 5.41) is 0. The third kappa shape index (κ3) is 3.88. The molecule has 0 aromatic carbocycles. The van der Waals surface area contributed by atoms with Crippen LogP contribution in [0.4, 0.5) is 0 Å². The molecule has 0 radical (unpaired) electrons. The van der Waals surface area contributed by atoms with Gasteiger partial charge in [0.15, 0.2) is 8.32 Å². The van der Waals surface area contributed by atoms with Gasteiger partial charge in [-0.1, -0.05) is 48.0 Å².